The van der Waals surface area contributed by atoms with Gasteiger partial charge in [-0.15, -0.1) is 0 Å². The van der Waals surface area contributed by atoms with Crippen molar-refractivity contribution in [3.8, 4) is 0 Å². The molecule has 0 aliphatic carbocycles. The van der Waals surface area contributed by atoms with Gasteiger partial charge in [-0.25, -0.2) is 0 Å². The highest BCUT2D eigenvalue weighted by molar-refractivity contribution is 5.86. The number of hydrogen-bond donors (Lipinski definition) is 2. The molecule has 0 radical (unpaired) electrons. The lowest BCUT2D eigenvalue weighted by molar-refractivity contribution is -0.141. The SMILES string of the molecule is CC1CN(C(=O)CN2CCNCC2=O)CCN1. The highest BCUT2D eigenvalue weighted by Crippen LogP contribution is 2.02. The number of carbonyl (C=O) groups is 2. The van der Waals surface area contributed by atoms with E-state index in [0.29, 0.717) is 19.1 Å². The van der Waals surface area contributed by atoms with Crippen LogP contribution in [0.5, 0.6) is 0 Å². The molecule has 0 aromatic rings. The van der Waals surface area contributed by atoms with Crippen molar-refractivity contribution in [2.24, 2.45) is 0 Å². The summed E-state index contributed by atoms with van der Waals surface area (Å²) in [7, 11) is 0. The van der Waals surface area contributed by atoms with Crippen LogP contribution in [0.1, 0.15) is 6.92 Å². The molecule has 2 heterocycles. The second-order valence-electron chi connectivity index (χ2n) is 4.69. The average Bonchev–Trinajstić information content (AvgIpc) is 2.32. The Kier molecular flexibility index (Phi) is 3.96. The van der Waals surface area contributed by atoms with Crippen molar-refractivity contribution < 1.29 is 9.59 Å². The predicted octanol–water partition coefficient (Wildman–Crippen LogP) is -1.76. The number of hydrogen-bond acceptors (Lipinski definition) is 4. The summed E-state index contributed by atoms with van der Waals surface area (Å²) in [6.45, 7) is 6.36. The van der Waals surface area contributed by atoms with Crippen molar-refractivity contribution in [3.63, 3.8) is 0 Å². The third-order valence-corrected chi connectivity index (χ3v) is 3.24. The Morgan fingerprint density at radius 3 is 2.94 bits per heavy atom. The van der Waals surface area contributed by atoms with E-state index in [-0.39, 0.29) is 18.4 Å². The Labute approximate surface area is 101 Å². The topological polar surface area (TPSA) is 64.7 Å². The van der Waals surface area contributed by atoms with Crippen LogP contribution in [0, 0.1) is 0 Å². The van der Waals surface area contributed by atoms with Crippen LogP contribution in [-0.4, -0.2) is 73.5 Å². The van der Waals surface area contributed by atoms with Crippen molar-refractivity contribution in [3.05, 3.63) is 0 Å². The van der Waals surface area contributed by atoms with Gasteiger partial charge >= 0.3 is 0 Å². The molecule has 1 unspecified atom stereocenters. The number of carbonyl (C=O) groups excluding carboxylic acids is 2. The molecule has 1 atom stereocenters. The minimum absolute atomic E-state index is 0.0211. The van der Waals surface area contributed by atoms with Crippen molar-refractivity contribution in [2.75, 3.05) is 45.8 Å². The first-order chi connectivity index (χ1) is 8.16. The Bertz CT molecular complexity index is 308. The number of piperazine rings is 2. The van der Waals surface area contributed by atoms with Crippen LogP contribution in [0.25, 0.3) is 0 Å². The van der Waals surface area contributed by atoms with E-state index < -0.39 is 0 Å². The van der Waals surface area contributed by atoms with Gasteiger partial charge in [-0.3, -0.25) is 9.59 Å². The van der Waals surface area contributed by atoms with E-state index in [1.165, 1.54) is 0 Å². The first-order valence-electron chi connectivity index (χ1n) is 6.16. The Balaban J connectivity index is 1.85. The van der Waals surface area contributed by atoms with Gasteiger partial charge in [0.2, 0.25) is 11.8 Å². The van der Waals surface area contributed by atoms with Crippen molar-refractivity contribution in [2.45, 2.75) is 13.0 Å². The molecule has 96 valence electrons. The smallest absolute Gasteiger partial charge is 0.242 e. The molecular formula is C11H20N4O2. The number of amides is 2. The molecule has 2 amide bonds. The fraction of sp³-hybridized carbons (Fsp3) is 0.818. The first-order valence-corrected chi connectivity index (χ1v) is 6.16. The summed E-state index contributed by atoms with van der Waals surface area (Å²) in [6, 6.07) is 0.339. The fourth-order valence-corrected chi connectivity index (χ4v) is 2.24. The van der Waals surface area contributed by atoms with E-state index in [0.717, 1.165) is 26.2 Å². The molecule has 0 bridgehead atoms. The summed E-state index contributed by atoms with van der Waals surface area (Å²) >= 11 is 0. The largest absolute Gasteiger partial charge is 0.338 e. The van der Waals surface area contributed by atoms with Crippen molar-refractivity contribution in [1.29, 1.82) is 0 Å². The molecule has 2 saturated heterocycles. The molecule has 2 aliphatic rings. The molecule has 0 spiro atoms. The molecular weight excluding hydrogens is 220 g/mol. The molecule has 0 saturated carbocycles. The predicted molar refractivity (Wildman–Crippen MR) is 63.5 cm³/mol. The highest BCUT2D eigenvalue weighted by Gasteiger charge is 2.25. The minimum atomic E-state index is 0.0211. The quantitative estimate of drug-likeness (QED) is 0.600. The summed E-state index contributed by atoms with van der Waals surface area (Å²) in [5, 5.41) is 6.29. The highest BCUT2D eigenvalue weighted by atomic mass is 16.2. The van der Waals surface area contributed by atoms with E-state index >= 15 is 0 Å². The second kappa shape index (κ2) is 5.46. The zero-order valence-electron chi connectivity index (χ0n) is 10.2. The summed E-state index contributed by atoms with van der Waals surface area (Å²) in [6.07, 6.45) is 0. The van der Waals surface area contributed by atoms with Crippen LogP contribution in [0.3, 0.4) is 0 Å². The summed E-state index contributed by atoms with van der Waals surface area (Å²) in [4.78, 5) is 27.1. The maximum atomic E-state index is 12.0. The number of nitrogens with one attached hydrogen (secondary N) is 2. The fourth-order valence-electron chi connectivity index (χ4n) is 2.24. The minimum Gasteiger partial charge on any atom is -0.338 e. The Morgan fingerprint density at radius 2 is 2.24 bits per heavy atom. The van der Waals surface area contributed by atoms with Gasteiger partial charge in [0.25, 0.3) is 0 Å². The molecule has 2 N–H and O–H groups in total. The standard InChI is InChI=1S/C11H20N4O2/c1-9-7-14(5-3-13-9)11(17)8-15-4-2-12-6-10(15)16/h9,12-13H,2-8H2,1H3. The third-order valence-electron chi connectivity index (χ3n) is 3.24. The maximum Gasteiger partial charge on any atom is 0.242 e. The number of nitrogens with zero attached hydrogens (tertiary/aromatic N) is 2. The van der Waals surface area contributed by atoms with E-state index in [1.54, 1.807) is 4.90 Å². The van der Waals surface area contributed by atoms with Gasteiger partial charge in [-0.05, 0) is 6.92 Å². The summed E-state index contributed by atoms with van der Waals surface area (Å²) < 4.78 is 0. The van der Waals surface area contributed by atoms with E-state index in [4.69, 9.17) is 0 Å². The average molecular weight is 240 g/mol. The van der Waals surface area contributed by atoms with Crippen LogP contribution in [-0.2, 0) is 9.59 Å². The van der Waals surface area contributed by atoms with Gasteiger partial charge in [0.05, 0.1) is 13.1 Å². The molecule has 17 heavy (non-hydrogen) atoms. The molecule has 0 aromatic heterocycles. The number of rotatable bonds is 2. The van der Waals surface area contributed by atoms with Crippen LogP contribution in [0.4, 0.5) is 0 Å². The van der Waals surface area contributed by atoms with Gasteiger partial charge in [0, 0.05) is 38.8 Å². The maximum absolute atomic E-state index is 12.0. The monoisotopic (exact) mass is 240 g/mol. The third kappa shape index (κ3) is 3.17. The van der Waals surface area contributed by atoms with Crippen molar-refractivity contribution in [1.82, 2.24) is 20.4 Å². The lowest BCUT2D eigenvalue weighted by Gasteiger charge is -2.34. The van der Waals surface area contributed by atoms with Gasteiger partial charge in [0.1, 0.15) is 0 Å². The zero-order chi connectivity index (χ0) is 12.3. The lowest BCUT2D eigenvalue weighted by atomic mass is 10.2. The van der Waals surface area contributed by atoms with Gasteiger partial charge in [-0.2, -0.15) is 0 Å². The molecule has 2 fully saturated rings. The van der Waals surface area contributed by atoms with Crippen molar-refractivity contribution >= 4 is 11.8 Å². The normalized spacial score (nSPS) is 26.2. The molecule has 2 rings (SSSR count). The molecule has 0 aromatic carbocycles. The van der Waals surface area contributed by atoms with E-state index in [1.807, 2.05) is 4.90 Å². The van der Waals surface area contributed by atoms with Gasteiger partial charge < -0.3 is 20.4 Å². The lowest BCUT2D eigenvalue weighted by Crippen LogP contribution is -2.56. The van der Waals surface area contributed by atoms with E-state index in [2.05, 4.69) is 17.6 Å². The molecule has 6 heteroatoms. The Morgan fingerprint density at radius 1 is 1.41 bits per heavy atom. The van der Waals surface area contributed by atoms with Gasteiger partial charge in [0.15, 0.2) is 0 Å². The Hall–Kier alpha value is -1.14. The van der Waals surface area contributed by atoms with Crippen LogP contribution in [0.15, 0.2) is 0 Å². The first kappa shape index (κ1) is 12.3. The van der Waals surface area contributed by atoms with Crippen LogP contribution >= 0.6 is 0 Å². The molecule has 2 aliphatic heterocycles. The zero-order valence-corrected chi connectivity index (χ0v) is 10.2. The summed E-state index contributed by atoms with van der Waals surface area (Å²) in [5.74, 6) is 0.0846. The van der Waals surface area contributed by atoms with E-state index in [9.17, 15) is 9.59 Å². The van der Waals surface area contributed by atoms with Crippen LogP contribution < -0.4 is 10.6 Å². The molecule has 6 nitrogen and oxygen atoms in total. The van der Waals surface area contributed by atoms with Gasteiger partial charge in [-0.1, -0.05) is 0 Å². The summed E-state index contributed by atoms with van der Waals surface area (Å²) in [5.41, 5.74) is 0. The van der Waals surface area contributed by atoms with Crippen LogP contribution in [0.2, 0.25) is 0 Å². The second-order valence-corrected chi connectivity index (χ2v) is 4.69.